The molecule has 4 heteroatoms. The maximum atomic E-state index is 10.8. The molecule has 4 nitrogen and oxygen atoms in total. The van der Waals surface area contributed by atoms with Crippen LogP contribution in [-0.2, 0) is 4.79 Å². The maximum Gasteiger partial charge on any atom is 0.344 e. The summed E-state index contributed by atoms with van der Waals surface area (Å²) < 4.78 is 5.30. The lowest BCUT2D eigenvalue weighted by Crippen LogP contribution is -2.22. The number of hydrogen-bond donors (Lipinski definition) is 1. The summed E-state index contributed by atoms with van der Waals surface area (Å²) in [6, 6.07) is 13.1. The van der Waals surface area contributed by atoms with E-state index in [-0.39, 0.29) is 0 Å². The Morgan fingerprint density at radius 1 is 1.22 bits per heavy atom. The normalized spacial score (nSPS) is 13.0. The summed E-state index contributed by atoms with van der Waals surface area (Å²) >= 11 is 0. The second-order valence-electron chi connectivity index (χ2n) is 5.14. The molecular formula is C19H19NO3. The molecule has 0 amide bonds. The molecule has 0 spiro atoms. The number of ether oxygens (including phenoxy) is 1. The van der Waals surface area contributed by atoms with E-state index in [0.717, 1.165) is 16.8 Å². The number of rotatable bonds is 6. The molecule has 1 aromatic carbocycles. The number of carboxylic acids is 1. The van der Waals surface area contributed by atoms with Crippen LogP contribution in [0.3, 0.4) is 0 Å². The minimum absolute atomic E-state index is 0.540. The van der Waals surface area contributed by atoms with Crippen LogP contribution in [0.15, 0.2) is 60.3 Å². The van der Waals surface area contributed by atoms with Gasteiger partial charge in [0, 0.05) is 6.20 Å². The molecule has 2 rings (SSSR count). The van der Waals surface area contributed by atoms with Crippen LogP contribution in [0.25, 0.3) is 12.2 Å². The molecule has 0 fully saturated rings. The SMILES string of the molecule is CC(/C=C/c1ccccn1)=C\c1ccc(OC(C)C(=O)O)cc1. The number of benzene rings is 1. The first-order chi connectivity index (χ1) is 11.0. The zero-order valence-corrected chi connectivity index (χ0v) is 13.1. The summed E-state index contributed by atoms with van der Waals surface area (Å²) in [7, 11) is 0. The van der Waals surface area contributed by atoms with Gasteiger partial charge in [-0.05, 0) is 49.8 Å². The minimum Gasteiger partial charge on any atom is -0.479 e. The first kappa shape index (κ1) is 16.5. The number of carbonyl (C=O) groups is 1. The van der Waals surface area contributed by atoms with Gasteiger partial charge in [-0.1, -0.05) is 35.9 Å². The Bertz CT molecular complexity index is 703. The smallest absolute Gasteiger partial charge is 0.344 e. The molecule has 1 atom stereocenters. The van der Waals surface area contributed by atoms with Gasteiger partial charge in [-0.25, -0.2) is 4.79 Å². The fourth-order valence-electron chi connectivity index (χ4n) is 1.90. The number of aromatic nitrogens is 1. The van der Waals surface area contributed by atoms with Crippen molar-refractivity contribution in [1.82, 2.24) is 4.98 Å². The van der Waals surface area contributed by atoms with E-state index in [9.17, 15) is 4.79 Å². The number of aliphatic carboxylic acids is 1. The number of pyridine rings is 1. The first-order valence-corrected chi connectivity index (χ1v) is 7.31. The third-order valence-corrected chi connectivity index (χ3v) is 3.14. The quantitative estimate of drug-likeness (QED) is 0.818. The summed E-state index contributed by atoms with van der Waals surface area (Å²) in [5, 5.41) is 8.82. The first-order valence-electron chi connectivity index (χ1n) is 7.31. The van der Waals surface area contributed by atoms with Crippen molar-refractivity contribution in [2.75, 3.05) is 0 Å². The lowest BCUT2D eigenvalue weighted by Gasteiger charge is -2.10. The number of hydrogen-bond acceptors (Lipinski definition) is 3. The van der Waals surface area contributed by atoms with Crippen LogP contribution in [0, 0.1) is 0 Å². The standard InChI is InChI=1S/C19H19NO3/c1-14(6-9-17-5-3-4-12-20-17)13-16-7-10-18(11-8-16)23-15(2)19(21)22/h3-13,15H,1-2H3,(H,21,22)/b9-6+,14-13+. The van der Waals surface area contributed by atoms with Crippen molar-refractivity contribution in [2.45, 2.75) is 20.0 Å². The van der Waals surface area contributed by atoms with Gasteiger partial charge < -0.3 is 9.84 Å². The maximum absolute atomic E-state index is 10.8. The molecule has 0 aliphatic carbocycles. The molecule has 1 heterocycles. The molecule has 0 radical (unpaired) electrons. The Labute approximate surface area is 135 Å². The highest BCUT2D eigenvalue weighted by atomic mass is 16.5. The molecule has 0 aliphatic heterocycles. The Kier molecular flexibility index (Phi) is 5.69. The second-order valence-corrected chi connectivity index (χ2v) is 5.14. The Hall–Kier alpha value is -2.88. The summed E-state index contributed by atoms with van der Waals surface area (Å²) in [6.07, 6.45) is 6.88. The largest absolute Gasteiger partial charge is 0.479 e. The van der Waals surface area contributed by atoms with Crippen molar-refractivity contribution < 1.29 is 14.6 Å². The minimum atomic E-state index is -0.982. The van der Waals surface area contributed by atoms with Gasteiger partial charge in [0.1, 0.15) is 5.75 Å². The molecular weight excluding hydrogens is 290 g/mol. The third kappa shape index (κ3) is 5.43. The molecule has 1 aromatic heterocycles. The Morgan fingerprint density at radius 2 is 1.96 bits per heavy atom. The van der Waals surface area contributed by atoms with Crippen molar-refractivity contribution in [2.24, 2.45) is 0 Å². The molecule has 1 unspecified atom stereocenters. The van der Waals surface area contributed by atoms with Crippen LogP contribution >= 0.6 is 0 Å². The molecule has 0 saturated heterocycles. The van der Waals surface area contributed by atoms with E-state index in [4.69, 9.17) is 9.84 Å². The lowest BCUT2D eigenvalue weighted by atomic mass is 10.1. The van der Waals surface area contributed by atoms with E-state index >= 15 is 0 Å². The van der Waals surface area contributed by atoms with E-state index in [1.807, 2.05) is 55.5 Å². The van der Waals surface area contributed by atoms with Crippen molar-refractivity contribution in [3.8, 4) is 5.75 Å². The second kappa shape index (κ2) is 7.94. The number of carboxylic acid groups (broad SMARTS) is 1. The molecule has 23 heavy (non-hydrogen) atoms. The molecule has 118 valence electrons. The van der Waals surface area contributed by atoms with Gasteiger partial charge in [0.05, 0.1) is 5.69 Å². The van der Waals surface area contributed by atoms with Gasteiger partial charge in [0.15, 0.2) is 6.10 Å². The van der Waals surface area contributed by atoms with E-state index in [2.05, 4.69) is 4.98 Å². The van der Waals surface area contributed by atoms with Crippen LogP contribution in [0.2, 0.25) is 0 Å². The zero-order chi connectivity index (χ0) is 16.7. The molecule has 0 aliphatic rings. The van der Waals surface area contributed by atoms with Crippen LogP contribution < -0.4 is 4.74 Å². The summed E-state index contributed by atoms with van der Waals surface area (Å²) in [4.78, 5) is 15.0. The van der Waals surface area contributed by atoms with Gasteiger partial charge in [0.2, 0.25) is 0 Å². The van der Waals surface area contributed by atoms with Crippen molar-refractivity contribution in [3.63, 3.8) is 0 Å². The highest BCUT2D eigenvalue weighted by Crippen LogP contribution is 2.16. The Morgan fingerprint density at radius 3 is 2.57 bits per heavy atom. The van der Waals surface area contributed by atoms with E-state index in [0.29, 0.717) is 5.75 Å². The predicted octanol–water partition coefficient (Wildman–Crippen LogP) is 4.05. The van der Waals surface area contributed by atoms with Gasteiger partial charge in [-0.15, -0.1) is 0 Å². The fourth-order valence-corrected chi connectivity index (χ4v) is 1.90. The summed E-state index contributed by atoms with van der Waals surface area (Å²) in [5.74, 6) is -0.441. The number of allylic oxidation sites excluding steroid dienone is 2. The highest BCUT2D eigenvalue weighted by Gasteiger charge is 2.11. The fraction of sp³-hybridized carbons (Fsp3) is 0.158. The monoisotopic (exact) mass is 309 g/mol. The predicted molar refractivity (Wildman–Crippen MR) is 91.1 cm³/mol. The molecule has 2 aromatic rings. The van der Waals surface area contributed by atoms with Crippen molar-refractivity contribution in [3.05, 3.63) is 71.6 Å². The average Bonchev–Trinajstić information content (AvgIpc) is 2.55. The zero-order valence-electron chi connectivity index (χ0n) is 13.1. The van der Waals surface area contributed by atoms with E-state index in [1.54, 1.807) is 18.3 Å². The molecule has 1 N–H and O–H groups in total. The van der Waals surface area contributed by atoms with Crippen LogP contribution in [0.5, 0.6) is 5.75 Å². The van der Waals surface area contributed by atoms with E-state index in [1.165, 1.54) is 6.92 Å². The lowest BCUT2D eigenvalue weighted by molar-refractivity contribution is -0.144. The van der Waals surface area contributed by atoms with Crippen LogP contribution in [-0.4, -0.2) is 22.2 Å². The van der Waals surface area contributed by atoms with Crippen LogP contribution in [0.1, 0.15) is 25.1 Å². The molecule has 0 saturated carbocycles. The third-order valence-electron chi connectivity index (χ3n) is 3.14. The van der Waals surface area contributed by atoms with Crippen molar-refractivity contribution in [1.29, 1.82) is 0 Å². The average molecular weight is 309 g/mol. The highest BCUT2D eigenvalue weighted by molar-refractivity contribution is 5.72. The number of nitrogens with zero attached hydrogens (tertiary/aromatic N) is 1. The van der Waals surface area contributed by atoms with Gasteiger partial charge in [-0.2, -0.15) is 0 Å². The van der Waals surface area contributed by atoms with Gasteiger partial charge in [0.25, 0.3) is 0 Å². The summed E-state index contributed by atoms with van der Waals surface area (Å²) in [5.41, 5.74) is 3.01. The van der Waals surface area contributed by atoms with Gasteiger partial charge in [-0.3, -0.25) is 4.98 Å². The van der Waals surface area contributed by atoms with Gasteiger partial charge >= 0.3 is 5.97 Å². The van der Waals surface area contributed by atoms with Crippen LogP contribution in [0.4, 0.5) is 0 Å². The van der Waals surface area contributed by atoms with E-state index < -0.39 is 12.1 Å². The Balaban J connectivity index is 2.01. The molecule has 0 bridgehead atoms. The summed E-state index contributed by atoms with van der Waals surface area (Å²) in [6.45, 7) is 3.51. The topological polar surface area (TPSA) is 59.4 Å². The van der Waals surface area contributed by atoms with Crippen molar-refractivity contribution >= 4 is 18.1 Å².